The Bertz CT molecular complexity index is 463. The molecule has 1 aliphatic rings. The van der Waals surface area contributed by atoms with Crippen molar-refractivity contribution in [2.24, 2.45) is 5.92 Å². The summed E-state index contributed by atoms with van der Waals surface area (Å²) < 4.78 is 18.3. The van der Waals surface area contributed by atoms with Crippen molar-refractivity contribution in [2.45, 2.75) is 18.8 Å². The molecule has 2 atom stereocenters. The Morgan fingerprint density at radius 1 is 1.40 bits per heavy atom. The highest BCUT2D eigenvalue weighted by Gasteiger charge is 2.63. The van der Waals surface area contributed by atoms with Gasteiger partial charge in [0.1, 0.15) is 11.2 Å². The van der Waals surface area contributed by atoms with Crippen LogP contribution in [0.25, 0.3) is 0 Å². The fraction of sp³-hybridized carbons (Fsp3) is 0.533. The number of nitrogens with one attached hydrogen (secondary N) is 1. The van der Waals surface area contributed by atoms with Crippen molar-refractivity contribution in [3.63, 3.8) is 0 Å². The van der Waals surface area contributed by atoms with E-state index in [1.165, 1.54) is 17.0 Å². The lowest BCUT2D eigenvalue weighted by atomic mass is 9.93. The average Bonchev–Trinajstić information content (AvgIpc) is 3.04. The zero-order chi connectivity index (χ0) is 14.0. The Kier molecular flexibility index (Phi) is 5.54. The summed E-state index contributed by atoms with van der Waals surface area (Å²) >= 11 is 0. The molecule has 0 radical (unpaired) electrons. The Morgan fingerprint density at radius 3 is 2.50 bits per heavy atom. The predicted molar refractivity (Wildman–Crippen MR) is 70.5 cm³/mol. The number of quaternary nitrogens is 1. The summed E-state index contributed by atoms with van der Waals surface area (Å²) in [5, 5.41) is 0. The summed E-state index contributed by atoms with van der Waals surface area (Å²) in [7, 11) is 4.14. The molecular weight excluding hydrogens is 281 g/mol. The van der Waals surface area contributed by atoms with E-state index in [2.05, 4.69) is 14.1 Å². The van der Waals surface area contributed by atoms with E-state index in [4.69, 9.17) is 4.74 Å². The number of rotatable bonds is 5. The molecule has 1 aliphatic carbocycles. The topological polar surface area (TPSA) is 30.7 Å². The molecule has 3 nitrogen and oxygen atoms in total. The van der Waals surface area contributed by atoms with Gasteiger partial charge in [-0.1, -0.05) is 12.1 Å². The third kappa shape index (κ3) is 3.13. The Hall–Kier alpha value is -1.13. The Labute approximate surface area is 125 Å². The number of esters is 1. The van der Waals surface area contributed by atoms with Crippen LogP contribution >= 0.6 is 0 Å². The first-order chi connectivity index (χ1) is 9.00. The second-order valence-corrected chi connectivity index (χ2v) is 5.51. The molecule has 0 spiro atoms. The molecule has 1 N–H and O–H groups in total. The maximum Gasteiger partial charge on any atom is 0.317 e. The molecule has 5 heteroatoms. The van der Waals surface area contributed by atoms with Crippen molar-refractivity contribution in [1.82, 2.24) is 0 Å². The molecule has 20 heavy (non-hydrogen) atoms. The van der Waals surface area contributed by atoms with Crippen molar-refractivity contribution in [3.05, 3.63) is 35.6 Å². The minimum atomic E-state index is -0.555. The number of benzene rings is 1. The van der Waals surface area contributed by atoms with Gasteiger partial charge in [-0.15, -0.1) is 0 Å². The van der Waals surface area contributed by atoms with Crippen LogP contribution in [0.4, 0.5) is 4.39 Å². The van der Waals surface area contributed by atoms with Crippen LogP contribution in [-0.2, 0) is 14.9 Å². The minimum absolute atomic E-state index is 0. The van der Waals surface area contributed by atoms with Crippen LogP contribution in [0.15, 0.2) is 24.3 Å². The first-order valence-electron chi connectivity index (χ1n) is 6.73. The molecule has 1 aromatic carbocycles. The van der Waals surface area contributed by atoms with E-state index >= 15 is 0 Å². The van der Waals surface area contributed by atoms with E-state index in [9.17, 15) is 9.18 Å². The van der Waals surface area contributed by atoms with Gasteiger partial charge >= 0.3 is 5.97 Å². The SMILES string of the molecule is CCOC(=O)[C@]1(c2ccc(F)cc2)C[C@@H]1C[NH+](C)C.[Cl-]. The van der Waals surface area contributed by atoms with Crippen LogP contribution in [0, 0.1) is 11.7 Å². The van der Waals surface area contributed by atoms with Gasteiger partial charge in [0, 0.05) is 5.92 Å². The minimum Gasteiger partial charge on any atom is -1.00 e. The lowest BCUT2D eigenvalue weighted by Crippen LogP contribution is -3.06. The maximum atomic E-state index is 13.0. The molecule has 2 rings (SSSR count). The van der Waals surface area contributed by atoms with Crippen LogP contribution in [0.3, 0.4) is 0 Å². The number of hydrogen-bond acceptors (Lipinski definition) is 2. The molecule has 1 fully saturated rings. The predicted octanol–water partition coefficient (Wildman–Crippen LogP) is -2.20. The lowest BCUT2D eigenvalue weighted by molar-refractivity contribution is -0.860. The zero-order valence-corrected chi connectivity index (χ0v) is 12.8. The van der Waals surface area contributed by atoms with Gasteiger partial charge in [-0.3, -0.25) is 4.79 Å². The Morgan fingerprint density at radius 2 is 2.00 bits per heavy atom. The average molecular weight is 302 g/mol. The zero-order valence-electron chi connectivity index (χ0n) is 12.1. The van der Waals surface area contributed by atoms with Crippen molar-refractivity contribution in [2.75, 3.05) is 27.2 Å². The molecular formula is C15H21ClFNO2. The number of carbonyl (C=O) groups is 1. The van der Waals surface area contributed by atoms with E-state index in [-0.39, 0.29) is 30.1 Å². The molecule has 0 aliphatic heterocycles. The highest BCUT2D eigenvalue weighted by molar-refractivity contribution is 5.87. The molecule has 0 saturated heterocycles. The summed E-state index contributed by atoms with van der Waals surface area (Å²) in [6.45, 7) is 3.10. The van der Waals surface area contributed by atoms with Gasteiger partial charge in [0.15, 0.2) is 0 Å². The normalized spacial score (nSPS) is 24.1. The van der Waals surface area contributed by atoms with Gasteiger partial charge in [0.05, 0.1) is 27.2 Å². The Balaban J connectivity index is 0.00000200. The molecule has 1 aromatic rings. The fourth-order valence-electron chi connectivity index (χ4n) is 2.80. The summed E-state index contributed by atoms with van der Waals surface area (Å²) in [6.07, 6.45) is 0.794. The van der Waals surface area contributed by atoms with E-state index < -0.39 is 5.41 Å². The van der Waals surface area contributed by atoms with Gasteiger partial charge in [-0.25, -0.2) is 4.39 Å². The maximum absolute atomic E-state index is 13.0. The van der Waals surface area contributed by atoms with Crippen molar-refractivity contribution in [1.29, 1.82) is 0 Å². The van der Waals surface area contributed by atoms with Gasteiger partial charge < -0.3 is 22.0 Å². The van der Waals surface area contributed by atoms with Crippen LogP contribution in [-0.4, -0.2) is 33.2 Å². The molecule has 0 bridgehead atoms. The van der Waals surface area contributed by atoms with Crippen molar-refractivity contribution in [3.8, 4) is 0 Å². The largest absolute Gasteiger partial charge is 1.00 e. The van der Waals surface area contributed by atoms with Crippen LogP contribution in [0.5, 0.6) is 0 Å². The molecule has 0 aromatic heterocycles. The molecule has 112 valence electrons. The summed E-state index contributed by atoms with van der Waals surface area (Å²) in [5.41, 5.74) is 0.319. The summed E-state index contributed by atoms with van der Waals surface area (Å²) in [5.74, 6) is -0.173. The van der Waals surface area contributed by atoms with Gasteiger partial charge in [0.2, 0.25) is 0 Å². The van der Waals surface area contributed by atoms with Crippen molar-refractivity contribution < 1.29 is 31.2 Å². The fourth-order valence-corrected chi connectivity index (χ4v) is 2.80. The highest BCUT2D eigenvalue weighted by atomic mass is 35.5. The van der Waals surface area contributed by atoms with Gasteiger partial charge in [0.25, 0.3) is 0 Å². The van der Waals surface area contributed by atoms with E-state index in [1.54, 1.807) is 12.1 Å². The van der Waals surface area contributed by atoms with Crippen LogP contribution in [0.2, 0.25) is 0 Å². The van der Waals surface area contributed by atoms with Crippen LogP contribution in [0.1, 0.15) is 18.9 Å². The quantitative estimate of drug-likeness (QED) is 0.626. The van der Waals surface area contributed by atoms with E-state index in [0.29, 0.717) is 6.61 Å². The number of carbonyl (C=O) groups excluding carboxylic acids is 1. The standard InChI is InChI=1S/C15H20FNO2.ClH/c1-4-19-14(18)15(9-12(15)10-17(2)3)11-5-7-13(16)8-6-11;/h5-8,12H,4,9-10H2,1-3H3;1H/t12-,15+;/m1./s1. The van der Waals surface area contributed by atoms with E-state index in [1.807, 2.05) is 6.92 Å². The smallest absolute Gasteiger partial charge is 0.317 e. The summed E-state index contributed by atoms with van der Waals surface area (Å²) in [6, 6.07) is 6.23. The first-order valence-corrected chi connectivity index (χ1v) is 6.73. The highest BCUT2D eigenvalue weighted by Crippen LogP contribution is 2.54. The second kappa shape index (κ2) is 6.55. The second-order valence-electron chi connectivity index (χ2n) is 5.51. The lowest BCUT2D eigenvalue weighted by Gasteiger charge is -2.17. The van der Waals surface area contributed by atoms with Gasteiger partial charge in [-0.05, 0) is 31.0 Å². The van der Waals surface area contributed by atoms with Gasteiger partial charge in [-0.2, -0.15) is 0 Å². The molecule has 0 unspecified atom stereocenters. The number of ether oxygens (including phenoxy) is 1. The molecule has 0 amide bonds. The number of hydrogen-bond donors (Lipinski definition) is 1. The summed E-state index contributed by atoms with van der Waals surface area (Å²) in [4.78, 5) is 13.6. The third-order valence-corrected chi connectivity index (χ3v) is 3.76. The van der Waals surface area contributed by atoms with E-state index in [0.717, 1.165) is 18.5 Å². The third-order valence-electron chi connectivity index (χ3n) is 3.76. The van der Waals surface area contributed by atoms with Crippen LogP contribution < -0.4 is 17.3 Å². The molecule has 0 heterocycles. The first kappa shape index (κ1) is 16.9. The molecule has 1 saturated carbocycles. The number of halogens is 2. The van der Waals surface area contributed by atoms with Crippen molar-refractivity contribution >= 4 is 5.97 Å². The monoisotopic (exact) mass is 301 g/mol.